The fourth-order valence-electron chi connectivity index (χ4n) is 1.99. The molecule has 110 valence electrons. The van der Waals surface area contributed by atoms with Gasteiger partial charge in [0.05, 0.1) is 11.5 Å². The number of nitrogens with one attached hydrogen (secondary N) is 1. The van der Waals surface area contributed by atoms with Crippen molar-refractivity contribution in [3.63, 3.8) is 0 Å². The van der Waals surface area contributed by atoms with E-state index in [1.807, 2.05) is 0 Å². The van der Waals surface area contributed by atoms with Crippen molar-refractivity contribution in [3.05, 3.63) is 33.9 Å². The van der Waals surface area contributed by atoms with Gasteiger partial charge >= 0.3 is 0 Å². The highest BCUT2D eigenvalue weighted by molar-refractivity contribution is 5.55. The average molecular weight is 284 g/mol. The topological polar surface area (TPSA) is 125 Å². The van der Waals surface area contributed by atoms with Gasteiger partial charge < -0.3 is 25.4 Å². The second kappa shape index (κ2) is 5.71. The Morgan fingerprint density at radius 2 is 2.05 bits per heavy atom. The number of aryl methyl sites for hydroxylation is 1. The first kappa shape index (κ1) is 14.7. The molecule has 0 radical (unpaired) electrons. The van der Waals surface area contributed by atoms with E-state index in [1.165, 1.54) is 6.07 Å². The number of benzene rings is 1. The Labute approximate surface area is 114 Å². The van der Waals surface area contributed by atoms with Crippen molar-refractivity contribution in [2.45, 2.75) is 31.5 Å². The van der Waals surface area contributed by atoms with Crippen molar-refractivity contribution in [1.29, 1.82) is 0 Å². The molecule has 1 saturated heterocycles. The van der Waals surface area contributed by atoms with E-state index in [0.29, 0.717) is 11.3 Å². The summed E-state index contributed by atoms with van der Waals surface area (Å²) < 4.78 is 5.17. The van der Waals surface area contributed by atoms with Crippen molar-refractivity contribution >= 4 is 11.4 Å². The van der Waals surface area contributed by atoms with Crippen LogP contribution in [-0.4, -0.2) is 51.4 Å². The third-order valence-corrected chi connectivity index (χ3v) is 3.22. The Morgan fingerprint density at radius 1 is 1.35 bits per heavy atom. The Hall–Kier alpha value is -1.74. The summed E-state index contributed by atoms with van der Waals surface area (Å²) in [5.74, 6) is 0. The van der Waals surface area contributed by atoms with E-state index in [1.54, 1.807) is 19.1 Å². The van der Waals surface area contributed by atoms with E-state index >= 15 is 0 Å². The molecule has 0 unspecified atom stereocenters. The minimum Gasteiger partial charge on any atom is -0.388 e. The van der Waals surface area contributed by atoms with Crippen LogP contribution in [0.2, 0.25) is 0 Å². The lowest BCUT2D eigenvalue weighted by Gasteiger charge is -2.35. The predicted molar refractivity (Wildman–Crippen MR) is 69.2 cm³/mol. The van der Waals surface area contributed by atoms with Gasteiger partial charge in [0.15, 0.2) is 6.23 Å². The fraction of sp³-hybridized carbons (Fsp3) is 0.500. The Kier molecular flexibility index (Phi) is 4.19. The number of hydrogen-bond acceptors (Lipinski definition) is 7. The van der Waals surface area contributed by atoms with E-state index in [-0.39, 0.29) is 12.3 Å². The molecule has 1 aromatic carbocycles. The lowest BCUT2D eigenvalue weighted by atomic mass is 10.0. The lowest BCUT2D eigenvalue weighted by Crippen LogP contribution is -2.55. The van der Waals surface area contributed by atoms with Gasteiger partial charge in [-0.1, -0.05) is 6.07 Å². The summed E-state index contributed by atoms with van der Waals surface area (Å²) in [5.41, 5.74) is 0.844. The molecule has 0 saturated carbocycles. The SMILES string of the molecule is Cc1ccc(N[C@@H]2OC[C@H](O)[C@H](O)[C@H]2O)cc1[N+](=O)[O-]. The summed E-state index contributed by atoms with van der Waals surface area (Å²) >= 11 is 0. The fourth-order valence-corrected chi connectivity index (χ4v) is 1.99. The molecule has 0 spiro atoms. The van der Waals surface area contributed by atoms with Crippen LogP contribution >= 0.6 is 0 Å². The lowest BCUT2D eigenvalue weighted by molar-refractivity contribution is -0.385. The van der Waals surface area contributed by atoms with Gasteiger partial charge in [-0.25, -0.2) is 0 Å². The molecular formula is C12H16N2O6. The van der Waals surface area contributed by atoms with E-state index in [9.17, 15) is 25.4 Å². The monoisotopic (exact) mass is 284 g/mol. The minimum absolute atomic E-state index is 0.0547. The average Bonchev–Trinajstić information content (AvgIpc) is 2.41. The highest BCUT2D eigenvalue weighted by atomic mass is 16.6. The Balaban J connectivity index is 2.14. The summed E-state index contributed by atoms with van der Waals surface area (Å²) in [6, 6.07) is 4.50. The van der Waals surface area contributed by atoms with E-state index in [4.69, 9.17) is 4.74 Å². The van der Waals surface area contributed by atoms with Gasteiger partial charge in [0, 0.05) is 17.3 Å². The largest absolute Gasteiger partial charge is 0.388 e. The van der Waals surface area contributed by atoms with E-state index in [0.717, 1.165) is 0 Å². The van der Waals surface area contributed by atoms with Gasteiger partial charge in [-0.3, -0.25) is 10.1 Å². The van der Waals surface area contributed by atoms with Crippen molar-refractivity contribution < 1.29 is 25.0 Å². The maximum Gasteiger partial charge on any atom is 0.274 e. The summed E-state index contributed by atoms with van der Waals surface area (Å²) in [6.07, 6.45) is -4.77. The zero-order valence-electron chi connectivity index (χ0n) is 10.8. The molecule has 2 rings (SSSR count). The van der Waals surface area contributed by atoms with Crippen LogP contribution in [0.25, 0.3) is 0 Å². The zero-order valence-corrected chi connectivity index (χ0v) is 10.8. The maximum absolute atomic E-state index is 10.8. The predicted octanol–water partition coefficient (Wildman–Crippen LogP) is -0.246. The molecule has 1 fully saturated rings. The summed E-state index contributed by atoms with van der Waals surface area (Å²) in [6.45, 7) is 1.48. The number of nitrogens with zero attached hydrogens (tertiary/aromatic N) is 1. The Bertz CT molecular complexity index is 509. The van der Waals surface area contributed by atoms with Crippen LogP contribution < -0.4 is 5.32 Å². The molecule has 8 heteroatoms. The summed E-state index contributed by atoms with van der Waals surface area (Å²) in [5, 5.41) is 42.3. The minimum atomic E-state index is -1.33. The van der Waals surface area contributed by atoms with Gasteiger partial charge in [-0.15, -0.1) is 0 Å². The highest BCUT2D eigenvalue weighted by Crippen LogP contribution is 2.24. The molecule has 4 N–H and O–H groups in total. The zero-order chi connectivity index (χ0) is 14.9. The molecule has 1 aliphatic heterocycles. The molecule has 0 aromatic heterocycles. The summed E-state index contributed by atoms with van der Waals surface area (Å²) in [4.78, 5) is 10.3. The molecular weight excluding hydrogens is 268 g/mol. The number of aliphatic hydroxyl groups excluding tert-OH is 3. The second-order valence-electron chi connectivity index (χ2n) is 4.71. The van der Waals surface area contributed by atoms with Gasteiger partial charge in [0.1, 0.15) is 18.3 Å². The first-order valence-electron chi connectivity index (χ1n) is 6.07. The highest BCUT2D eigenvalue weighted by Gasteiger charge is 2.37. The van der Waals surface area contributed by atoms with Gasteiger partial charge in [0.25, 0.3) is 5.69 Å². The van der Waals surface area contributed by atoms with Gasteiger partial charge in [-0.05, 0) is 13.0 Å². The van der Waals surface area contributed by atoms with Crippen molar-refractivity contribution in [3.8, 4) is 0 Å². The Morgan fingerprint density at radius 3 is 2.70 bits per heavy atom. The normalized spacial score (nSPS) is 30.0. The molecule has 20 heavy (non-hydrogen) atoms. The number of nitro benzene ring substituents is 1. The van der Waals surface area contributed by atoms with Crippen molar-refractivity contribution in [1.82, 2.24) is 0 Å². The first-order valence-corrected chi connectivity index (χ1v) is 6.07. The van der Waals surface area contributed by atoms with E-state index < -0.39 is 29.5 Å². The number of aliphatic hydroxyl groups is 3. The third kappa shape index (κ3) is 2.88. The third-order valence-electron chi connectivity index (χ3n) is 3.22. The maximum atomic E-state index is 10.8. The van der Waals surface area contributed by atoms with Crippen LogP contribution in [-0.2, 0) is 4.74 Å². The number of hydrogen-bond donors (Lipinski definition) is 4. The first-order chi connectivity index (χ1) is 9.40. The molecule has 1 heterocycles. The number of nitro groups is 1. The number of ether oxygens (including phenoxy) is 1. The second-order valence-corrected chi connectivity index (χ2v) is 4.71. The smallest absolute Gasteiger partial charge is 0.274 e. The van der Waals surface area contributed by atoms with E-state index in [2.05, 4.69) is 5.32 Å². The van der Waals surface area contributed by atoms with Crippen LogP contribution in [0.5, 0.6) is 0 Å². The van der Waals surface area contributed by atoms with Crippen LogP contribution in [0.1, 0.15) is 5.56 Å². The molecule has 1 aromatic rings. The molecule has 8 nitrogen and oxygen atoms in total. The number of rotatable bonds is 3. The summed E-state index contributed by atoms with van der Waals surface area (Å²) in [7, 11) is 0. The van der Waals surface area contributed by atoms with Crippen LogP contribution in [0.15, 0.2) is 18.2 Å². The standard InChI is InChI=1S/C12H16N2O6/c1-6-2-3-7(4-8(6)14(18)19)13-12-11(17)10(16)9(15)5-20-12/h2-4,9-13,15-17H,5H2,1H3/t9-,10-,11+,12+/m0/s1. The van der Waals surface area contributed by atoms with Crippen molar-refractivity contribution in [2.75, 3.05) is 11.9 Å². The quantitative estimate of drug-likeness (QED) is 0.445. The van der Waals surface area contributed by atoms with Crippen molar-refractivity contribution in [2.24, 2.45) is 0 Å². The van der Waals surface area contributed by atoms with Gasteiger partial charge in [-0.2, -0.15) is 0 Å². The molecule has 1 aliphatic rings. The van der Waals surface area contributed by atoms with Crippen LogP contribution in [0, 0.1) is 17.0 Å². The van der Waals surface area contributed by atoms with Crippen LogP contribution in [0.3, 0.4) is 0 Å². The molecule has 0 bridgehead atoms. The molecule has 0 amide bonds. The molecule has 0 aliphatic carbocycles. The molecule has 4 atom stereocenters. The van der Waals surface area contributed by atoms with Crippen LogP contribution in [0.4, 0.5) is 11.4 Å². The van der Waals surface area contributed by atoms with Gasteiger partial charge in [0.2, 0.25) is 0 Å². The number of anilines is 1.